The van der Waals surface area contributed by atoms with Gasteiger partial charge in [-0.3, -0.25) is 4.79 Å². The quantitative estimate of drug-likeness (QED) is 0.422. The van der Waals surface area contributed by atoms with Crippen LogP contribution in [0.2, 0.25) is 0 Å². The molecule has 0 saturated heterocycles. The number of carbonyl (C=O) groups is 3. The molecule has 7 nitrogen and oxygen atoms in total. The van der Waals surface area contributed by atoms with Gasteiger partial charge in [-0.25, -0.2) is 9.59 Å². The average molecular weight is 481 g/mol. The zero-order valence-corrected chi connectivity index (χ0v) is 20.9. The lowest BCUT2D eigenvalue weighted by Crippen LogP contribution is -2.52. The van der Waals surface area contributed by atoms with E-state index < -0.39 is 30.1 Å². The van der Waals surface area contributed by atoms with Crippen molar-refractivity contribution < 1.29 is 24.2 Å². The molecule has 0 aromatic heterocycles. The van der Waals surface area contributed by atoms with Crippen molar-refractivity contribution in [2.75, 3.05) is 6.61 Å². The van der Waals surface area contributed by atoms with Gasteiger partial charge < -0.3 is 20.5 Å². The summed E-state index contributed by atoms with van der Waals surface area (Å²) in [6.45, 7) is 7.93. The highest BCUT2D eigenvalue weighted by Crippen LogP contribution is 2.44. The summed E-state index contributed by atoms with van der Waals surface area (Å²) in [6, 6.07) is 14.3. The molecular weight excluding hydrogens is 444 g/mol. The smallest absolute Gasteiger partial charge is 0.407 e. The van der Waals surface area contributed by atoms with Crippen molar-refractivity contribution in [3.8, 4) is 11.1 Å². The Hall–Kier alpha value is -3.35. The molecule has 0 spiro atoms. The van der Waals surface area contributed by atoms with E-state index in [0.29, 0.717) is 12.8 Å². The second-order valence-corrected chi connectivity index (χ2v) is 9.80. The lowest BCUT2D eigenvalue weighted by molar-refractivity contribution is -0.142. The molecular formula is C28H36N2O5. The van der Waals surface area contributed by atoms with Crippen molar-refractivity contribution >= 4 is 18.0 Å². The summed E-state index contributed by atoms with van der Waals surface area (Å²) < 4.78 is 5.61. The first-order chi connectivity index (χ1) is 16.7. The van der Waals surface area contributed by atoms with Gasteiger partial charge >= 0.3 is 12.1 Å². The Morgan fingerprint density at radius 3 is 1.97 bits per heavy atom. The summed E-state index contributed by atoms with van der Waals surface area (Å²) in [6.07, 6.45) is 0.832. The molecule has 1 aliphatic rings. The van der Waals surface area contributed by atoms with Crippen LogP contribution < -0.4 is 10.6 Å². The maximum atomic E-state index is 13.0. The SMILES string of the molecule is CCC(C)CC(NC(=O)OCC1c2ccccc2-c2ccccc21)C(=O)N[C@@H](CC(C)C)C(=O)O. The number of hydrogen-bond donors (Lipinski definition) is 3. The normalized spacial score (nSPS) is 15.0. The monoisotopic (exact) mass is 480 g/mol. The number of alkyl carbamates (subject to hydrolysis) is 1. The third-order valence-corrected chi connectivity index (χ3v) is 6.61. The number of benzene rings is 2. The summed E-state index contributed by atoms with van der Waals surface area (Å²) in [5, 5.41) is 14.8. The predicted molar refractivity (Wildman–Crippen MR) is 135 cm³/mol. The minimum absolute atomic E-state index is 0.0857. The van der Waals surface area contributed by atoms with E-state index in [1.165, 1.54) is 0 Å². The van der Waals surface area contributed by atoms with Gasteiger partial charge in [-0.15, -0.1) is 0 Å². The molecule has 3 rings (SSSR count). The van der Waals surface area contributed by atoms with E-state index in [-0.39, 0.29) is 24.4 Å². The number of hydrogen-bond acceptors (Lipinski definition) is 4. The third-order valence-electron chi connectivity index (χ3n) is 6.61. The fourth-order valence-electron chi connectivity index (χ4n) is 4.55. The Labute approximate surface area is 207 Å². The second kappa shape index (κ2) is 11.9. The molecule has 2 aromatic rings. The fourth-order valence-corrected chi connectivity index (χ4v) is 4.55. The van der Waals surface area contributed by atoms with E-state index in [2.05, 4.69) is 22.8 Å². The summed E-state index contributed by atoms with van der Waals surface area (Å²) in [5.74, 6) is -1.42. The Bertz CT molecular complexity index is 1010. The molecule has 188 valence electrons. The van der Waals surface area contributed by atoms with Gasteiger partial charge in [0, 0.05) is 5.92 Å². The molecule has 1 aliphatic carbocycles. The molecule has 2 amide bonds. The van der Waals surface area contributed by atoms with Gasteiger partial charge in [0.1, 0.15) is 18.7 Å². The summed E-state index contributed by atoms with van der Waals surface area (Å²) in [4.78, 5) is 37.4. The third kappa shape index (κ3) is 6.62. The molecule has 3 N–H and O–H groups in total. The van der Waals surface area contributed by atoms with Crippen molar-refractivity contribution in [1.82, 2.24) is 10.6 Å². The number of rotatable bonds is 11. The number of aliphatic carboxylic acids is 1. The molecule has 0 fully saturated rings. The molecule has 2 aromatic carbocycles. The lowest BCUT2D eigenvalue weighted by atomic mass is 9.97. The van der Waals surface area contributed by atoms with Gasteiger partial charge in [-0.05, 0) is 46.9 Å². The molecule has 0 heterocycles. The average Bonchev–Trinajstić information content (AvgIpc) is 3.15. The predicted octanol–water partition coefficient (Wildman–Crippen LogP) is 4.95. The molecule has 0 aliphatic heterocycles. The van der Waals surface area contributed by atoms with Gasteiger partial charge in [-0.2, -0.15) is 0 Å². The highest BCUT2D eigenvalue weighted by Gasteiger charge is 2.31. The topological polar surface area (TPSA) is 105 Å². The van der Waals surface area contributed by atoms with Gasteiger partial charge in [0.25, 0.3) is 0 Å². The van der Waals surface area contributed by atoms with Crippen LogP contribution in [0.4, 0.5) is 4.79 Å². The van der Waals surface area contributed by atoms with Crippen LogP contribution in [-0.2, 0) is 14.3 Å². The first kappa shape index (κ1) is 26.3. The van der Waals surface area contributed by atoms with Crippen LogP contribution in [0.15, 0.2) is 48.5 Å². The fraction of sp³-hybridized carbons (Fsp3) is 0.464. The Kier molecular flexibility index (Phi) is 8.90. The number of ether oxygens (including phenoxy) is 1. The van der Waals surface area contributed by atoms with Gasteiger partial charge in [0.05, 0.1) is 0 Å². The summed E-state index contributed by atoms with van der Waals surface area (Å²) in [5.41, 5.74) is 4.48. The zero-order chi connectivity index (χ0) is 25.5. The lowest BCUT2D eigenvalue weighted by Gasteiger charge is -2.24. The van der Waals surface area contributed by atoms with Crippen LogP contribution in [0, 0.1) is 11.8 Å². The van der Waals surface area contributed by atoms with Crippen LogP contribution >= 0.6 is 0 Å². The summed E-state index contributed by atoms with van der Waals surface area (Å²) >= 11 is 0. The van der Waals surface area contributed by atoms with E-state index >= 15 is 0 Å². The molecule has 35 heavy (non-hydrogen) atoms. The maximum Gasteiger partial charge on any atom is 0.407 e. The van der Waals surface area contributed by atoms with Crippen LogP contribution in [0.5, 0.6) is 0 Å². The minimum atomic E-state index is -1.09. The van der Waals surface area contributed by atoms with E-state index in [1.54, 1.807) is 0 Å². The zero-order valence-electron chi connectivity index (χ0n) is 20.9. The van der Waals surface area contributed by atoms with Crippen molar-refractivity contribution in [3.05, 3.63) is 59.7 Å². The Balaban J connectivity index is 1.68. The Morgan fingerprint density at radius 2 is 1.46 bits per heavy atom. The van der Waals surface area contributed by atoms with Crippen LogP contribution in [0.25, 0.3) is 11.1 Å². The maximum absolute atomic E-state index is 13.0. The van der Waals surface area contributed by atoms with Crippen molar-refractivity contribution in [3.63, 3.8) is 0 Å². The highest BCUT2D eigenvalue weighted by molar-refractivity contribution is 5.89. The first-order valence-electron chi connectivity index (χ1n) is 12.4. The van der Waals surface area contributed by atoms with E-state index in [9.17, 15) is 19.5 Å². The van der Waals surface area contributed by atoms with Gasteiger partial charge in [0.15, 0.2) is 0 Å². The largest absolute Gasteiger partial charge is 0.480 e. The number of carboxylic acids is 1. The number of amides is 2. The molecule has 2 unspecified atom stereocenters. The minimum Gasteiger partial charge on any atom is -0.480 e. The number of nitrogens with one attached hydrogen (secondary N) is 2. The van der Waals surface area contributed by atoms with Gasteiger partial charge in [-0.1, -0.05) is 82.6 Å². The van der Waals surface area contributed by atoms with E-state index in [1.807, 2.05) is 64.1 Å². The summed E-state index contributed by atoms with van der Waals surface area (Å²) in [7, 11) is 0. The molecule has 3 atom stereocenters. The standard InChI is InChI=1S/C28H36N2O5/c1-5-18(4)15-24(26(31)29-25(27(32)33)14-17(2)3)30-28(34)35-16-23-21-12-8-6-10-19(21)20-11-7-9-13-22(20)23/h6-13,17-18,23-25H,5,14-16H2,1-4H3,(H,29,31)(H,30,34)(H,32,33)/t18?,24?,25-/m0/s1. The molecule has 0 bridgehead atoms. The van der Waals surface area contributed by atoms with Crippen LogP contribution in [-0.4, -0.2) is 41.8 Å². The van der Waals surface area contributed by atoms with E-state index in [4.69, 9.17) is 4.74 Å². The second-order valence-electron chi connectivity index (χ2n) is 9.80. The number of carboxylic acid groups (broad SMARTS) is 1. The Morgan fingerprint density at radius 1 is 0.886 bits per heavy atom. The molecule has 0 radical (unpaired) electrons. The van der Waals surface area contributed by atoms with Crippen LogP contribution in [0.1, 0.15) is 64.0 Å². The van der Waals surface area contributed by atoms with Crippen molar-refractivity contribution in [2.24, 2.45) is 11.8 Å². The van der Waals surface area contributed by atoms with Crippen LogP contribution in [0.3, 0.4) is 0 Å². The van der Waals surface area contributed by atoms with E-state index in [0.717, 1.165) is 28.7 Å². The highest BCUT2D eigenvalue weighted by atomic mass is 16.5. The van der Waals surface area contributed by atoms with Crippen molar-refractivity contribution in [1.29, 1.82) is 0 Å². The first-order valence-corrected chi connectivity index (χ1v) is 12.4. The van der Waals surface area contributed by atoms with Crippen molar-refractivity contribution in [2.45, 2.75) is 65.0 Å². The van der Waals surface area contributed by atoms with Gasteiger partial charge in [0.2, 0.25) is 5.91 Å². The molecule has 0 saturated carbocycles. The number of carbonyl (C=O) groups excluding carboxylic acids is 2. The number of fused-ring (bicyclic) bond motifs is 3. The molecule has 7 heteroatoms.